The van der Waals surface area contributed by atoms with Crippen LogP contribution in [0.3, 0.4) is 0 Å². The van der Waals surface area contributed by atoms with Crippen LogP contribution in [-0.4, -0.2) is 15.2 Å². The number of halogens is 1. The molecule has 0 saturated heterocycles. The Balaban J connectivity index is 2.37. The van der Waals surface area contributed by atoms with Gasteiger partial charge in [-0.25, -0.2) is 15.9 Å². The van der Waals surface area contributed by atoms with E-state index in [1.54, 1.807) is 26.0 Å². The highest BCUT2D eigenvalue weighted by Crippen LogP contribution is 2.23. The van der Waals surface area contributed by atoms with Crippen molar-refractivity contribution in [3.63, 3.8) is 0 Å². The number of nitrogens with one attached hydrogen (secondary N) is 1. The number of aromatic nitrogens is 3. The lowest BCUT2D eigenvalue weighted by Crippen LogP contribution is -2.13. The highest BCUT2D eigenvalue weighted by Gasteiger charge is 2.30. The maximum Gasteiger partial charge on any atom is 0.284 e. The summed E-state index contributed by atoms with van der Waals surface area (Å²) >= 11 is 0. The van der Waals surface area contributed by atoms with Crippen LogP contribution >= 0.6 is 0 Å². The maximum atomic E-state index is 12.8. The predicted molar refractivity (Wildman–Crippen MR) is 61.4 cm³/mol. The minimum Gasteiger partial charge on any atom is -0.302 e. The summed E-state index contributed by atoms with van der Waals surface area (Å²) in [5.74, 6) is 0.676. The fourth-order valence-corrected chi connectivity index (χ4v) is 1.32. The van der Waals surface area contributed by atoms with E-state index in [-0.39, 0.29) is 5.82 Å². The van der Waals surface area contributed by atoms with Gasteiger partial charge in [0.2, 0.25) is 5.82 Å². The van der Waals surface area contributed by atoms with Gasteiger partial charge in [0.05, 0.1) is 0 Å². The Morgan fingerprint density at radius 2 is 1.94 bits per heavy atom. The van der Waals surface area contributed by atoms with Crippen LogP contribution in [0.4, 0.5) is 4.39 Å². The monoisotopic (exact) mass is 230 g/mol. The van der Waals surface area contributed by atoms with Gasteiger partial charge in [0, 0.05) is 19.4 Å². The largest absolute Gasteiger partial charge is 0.302 e. The molecule has 0 atom stereocenters. The molecule has 1 N–H and O–H groups in total. The van der Waals surface area contributed by atoms with E-state index in [2.05, 4.69) is 20.0 Å². The maximum absolute atomic E-state index is 12.8. The molecule has 1 heterocycles. The first-order chi connectivity index (χ1) is 8.03. The Morgan fingerprint density at radius 3 is 2.53 bits per heavy atom. The van der Waals surface area contributed by atoms with Crippen LogP contribution in [0.25, 0.3) is 16.2 Å². The summed E-state index contributed by atoms with van der Waals surface area (Å²) in [7, 11) is 0. The van der Waals surface area contributed by atoms with Gasteiger partial charge >= 0.3 is 0 Å². The lowest BCUT2D eigenvalue weighted by molar-refractivity contribution is 0.612. The van der Waals surface area contributed by atoms with E-state index in [0.717, 1.165) is 5.56 Å². The lowest BCUT2D eigenvalue weighted by atomic mass is 10.1. The molecule has 2 aromatic rings. The van der Waals surface area contributed by atoms with Crippen molar-refractivity contribution in [3.05, 3.63) is 47.3 Å². The van der Waals surface area contributed by atoms with Crippen LogP contribution in [0, 0.1) is 12.4 Å². The molecule has 17 heavy (non-hydrogen) atoms. The number of hydrogen-bond donors (Lipinski definition) is 1. The number of hydrogen-bond acceptors (Lipinski definition) is 2. The van der Waals surface area contributed by atoms with Gasteiger partial charge in [-0.05, 0) is 24.3 Å². The normalized spacial score (nSPS) is 11.2. The van der Waals surface area contributed by atoms with Gasteiger partial charge in [-0.2, -0.15) is 5.10 Å². The zero-order valence-electron chi connectivity index (χ0n) is 9.53. The van der Waals surface area contributed by atoms with Crippen molar-refractivity contribution < 1.29 is 4.39 Å². The molecule has 4 nitrogen and oxygen atoms in total. The topological polar surface area (TPSA) is 45.9 Å². The Labute approximate surface area is 98.3 Å². The number of rotatable bonds is 2. The minimum atomic E-state index is -0.731. The Bertz CT molecular complexity index is 563. The van der Waals surface area contributed by atoms with Crippen molar-refractivity contribution in [3.8, 4) is 11.4 Å². The Kier molecular flexibility index (Phi) is 2.64. The van der Waals surface area contributed by atoms with E-state index < -0.39 is 5.54 Å². The SMILES string of the molecule is [C-]#[N+]C(C)(C)c1nc(-c2ccc(F)cc2)n[nH]1. The molecule has 1 aromatic carbocycles. The van der Waals surface area contributed by atoms with Crippen molar-refractivity contribution in [1.29, 1.82) is 0 Å². The third-order valence-corrected chi connectivity index (χ3v) is 2.45. The average molecular weight is 230 g/mol. The molecule has 1 aromatic heterocycles. The van der Waals surface area contributed by atoms with Crippen molar-refractivity contribution in [1.82, 2.24) is 15.2 Å². The first-order valence-corrected chi connectivity index (χ1v) is 5.10. The van der Waals surface area contributed by atoms with E-state index >= 15 is 0 Å². The smallest absolute Gasteiger partial charge is 0.284 e. The van der Waals surface area contributed by atoms with Crippen molar-refractivity contribution in [2.45, 2.75) is 19.4 Å². The molecule has 5 heteroatoms. The van der Waals surface area contributed by atoms with E-state index in [9.17, 15) is 4.39 Å². The van der Waals surface area contributed by atoms with Gasteiger partial charge in [0.1, 0.15) is 5.82 Å². The third kappa shape index (κ3) is 2.16. The lowest BCUT2D eigenvalue weighted by Gasteiger charge is -2.04. The molecule has 0 radical (unpaired) electrons. The molecule has 86 valence electrons. The van der Waals surface area contributed by atoms with E-state index in [1.165, 1.54) is 12.1 Å². The first-order valence-electron chi connectivity index (χ1n) is 5.10. The number of nitrogens with zero attached hydrogens (tertiary/aromatic N) is 3. The summed E-state index contributed by atoms with van der Waals surface area (Å²) in [5, 5.41) is 6.77. The number of H-pyrrole nitrogens is 1. The molecule has 0 aliphatic rings. The average Bonchev–Trinajstić information content (AvgIpc) is 2.80. The molecule has 0 fully saturated rings. The van der Waals surface area contributed by atoms with Crippen LogP contribution in [0.15, 0.2) is 24.3 Å². The first kappa shape index (κ1) is 11.3. The molecule has 0 aliphatic carbocycles. The Hall–Kier alpha value is -2.22. The quantitative estimate of drug-likeness (QED) is 0.806. The summed E-state index contributed by atoms with van der Waals surface area (Å²) in [6.07, 6.45) is 0. The summed E-state index contributed by atoms with van der Waals surface area (Å²) in [5.41, 5.74) is -0.0136. The number of aromatic amines is 1. The minimum absolute atomic E-state index is 0.300. The summed E-state index contributed by atoms with van der Waals surface area (Å²) in [6.45, 7) is 10.6. The standard InChI is InChI=1S/C12H11FN4/c1-12(2,14-3)11-15-10(16-17-11)8-4-6-9(13)7-5-8/h4-7H,1-2H3,(H,15,16,17). The Morgan fingerprint density at radius 1 is 1.29 bits per heavy atom. The fourth-order valence-electron chi connectivity index (χ4n) is 1.32. The van der Waals surface area contributed by atoms with Crippen LogP contribution in [0.1, 0.15) is 19.7 Å². The molecular formula is C12H11FN4. The molecule has 0 spiro atoms. The summed E-state index contributed by atoms with van der Waals surface area (Å²) in [6, 6.07) is 5.91. The molecule has 0 bridgehead atoms. The summed E-state index contributed by atoms with van der Waals surface area (Å²) < 4.78 is 12.8. The van der Waals surface area contributed by atoms with Crippen LogP contribution in [0.2, 0.25) is 0 Å². The second-order valence-electron chi connectivity index (χ2n) is 4.19. The number of benzene rings is 1. The van der Waals surface area contributed by atoms with Gasteiger partial charge in [-0.1, -0.05) is 0 Å². The molecular weight excluding hydrogens is 219 g/mol. The molecule has 0 unspecified atom stereocenters. The van der Waals surface area contributed by atoms with Gasteiger partial charge in [-0.15, -0.1) is 0 Å². The molecule has 0 amide bonds. The third-order valence-electron chi connectivity index (χ3n) is 2.45. The zero-order chi connectivity index (χ0) is 12.5. The van der Waals surface area contributed by atoms with Gasteiger partial charge in [0.25, 0.3) is 5.54 Å². The van der Waals surface area contributed by atoms with E-state index in [0.29, 0.717) is 11.6 Å². The highest BCUT2D eigenvalue weighted by atomic mass is 19.1. The fraction of sp³-hybridized carbons (Fsp3) is 0.250. The van der Waals surface area contributed by atoms with Crippen molar-refractivity contribution in [2.75, 3.05) is 0 Å². The van der Waals surface area contributed by atoms with Crippen LogP contribution in [0.5, 0.6) is 0 Å². The van der Waals surface area contributed by atoms with Crippen molar-refractivity contribution >= 4 is 0 Å². The van der Waals surface area contributed by atoms with Crippen LogP contribution < -0.4 is 0 Å². The zero-order valence-corrected chi connectivity index (χ0v) is 9.53. The van der Waals surface area contributed by atoms with Gasteiger partial charge in [0.15, 0.2) is 5.82 Å². The molecule has 2 rings (SSSR count). The van der Waals surface area contributed by atoms with E-state index in [4.69, 9.17) is 6.57 Å². The van der Waals surface area contributed by atoms with Crippen LogP contribution in [-0.2, 0) is 5.54 Å². The van der Waals surface area contributed by atoms with Gasteiger partial charge in [-0.3, -0.25) is 5.10 Å². The molecule has 0 aliphatic heterocycles. The highest BCUT2D eigenvalue weighted by molar-refractivity contribution is 5.54. The van der Waals surface area contributed by atoms with Crippen molar-refractivity contribution in [2.24, 2.45) is 0 Å². The second-order valence-corrected chi connectivity index (χ2v) is 4.19. The molecule has 0 saturated carbocycles. The van der Waals surface area contributed by atoms with Gasteiger partial charge < -0.3 is 4.85 Å². The predicted octanol–water partition coefficient (Wildman–Crippen LogP) is 2.77. The second kappa shape index (κ2) is 3.98. The van der Waals surface area contributed by atoms with E-state index in [1.807, 2.05) is 0 Å². The summed E-state index contributed by atoms with van der Waals surface area (Å²) in [4.78, 5) is 7.72.